The topological polar surface area (TPSA) is 93.2 Å². The summed E-state index contributed by atoms with van der Waals surface area (Å²) >= 11 is -0.132. The monoisotopic (exact) mass is 539 g/mol. The van der Waals surface area contributed by atoms with Gasteiger partial charge >= 0.3 is 184 Å². The summed E-state index contributed by atoms with van der Waals surface area (Å²) in [7, 11) is 0. The van der Waals surface area contributed by atoms with Crippen LogP contribution in [-0.2, 0) is 16.1 Å². The fourth-order valence-corrected chi connectivity index (χ4v) is 6.31. The van der Waals surface area contributed by atoms with Crippen LogP contribution in [0.1, 0.15) is 38.4 Å². The number of aryl methyl sites for hydroxylation is 2. The Balaban J connectivity index is 1.34. The van der Waals surface area contributed by atoms with Crippen molar-refractivity contribution in [3.05, 3.63) is 86.2 Å². The Labute approximate surface area is 206 Å². The van der Waals surface area contributed by atoms with Crippen LogP contribution in [0, 0.1) is 26.6 Å². The molecule has 0 radical (unpaired) electrons. The Morgan fingerprint density at radius 1 is 1.14 bits per heavy atom. The number of halogens is 1. The summed E-state index contributed by atoms with van der Waals surface area (Å²) in [5.41, 5.74) is 4.65. The number of nitrogens with zero attached hydrogens (tertiary/aromatic N) is 1. The minimum absolute atomic E-state index is 0.0299. The number of hydrogen-bond acceptors (Lipinski definition) is 4. The van der Waals surface area contributed by atoms with E-state index in [9.17, 15) is 18.8 Å². The van der Waals surface area contributed by atoms with Gasteiger partial charge in [0.2, 0.25) is 0 Å². The summed E-state index contributed by atoms with van der Waals surface area (Å²) < 4.78 is 21.8. The summed E-state index contributed by atoms with van der Waals surface area (Å²) in [6, 6.07) is 10.00. The Hall–Kier alpha value is -3.68. The molecule has 1 aliphatic heterocycles. The first-order chi connectivity index (χ1) is 16.7. The SMILES string of the molecule is Cc1ccc2[se]n(CCOC(=O)c3c(C)[nH]c(/C=C4\C(=O)Nc5cc(F)ccc54)c3C)c(=O)c2c1. The van der Waals surface area contributed by atoms with Gasteiger partial charge in [-0.05, 0) is 12.1 Å². The van der Waals surface area contributed by atoms with Crippen molar-refractivity contribution in [2.75, 3.05) is 11.9 Å². The van der Waals surface area contributed by atoms with E-state index < -0.39 is 11.8 Å². The Morgan fingerprint density at radius 3 is 2.74 bits per heavy atom. The number of carbonyl (C=O) groups excluding carboxylic acids is 2. The summed E-state index contributed by atoms with van der Waals surface area (Å²) in [4.78, 5) is 41.1. The molecule has 0 atom stereocenters. The van der Waals surface area contributed by atoms with Gasteiger partial charge in [0.15, 0.2) is 0 Å². The molecule has 2 aromatic carbocycles. The van der Waals surface area contributed by atoms with Crippen molar-refractivity contribution in [2.45, 2.75) is 27.3 Å². The zero-order valence-electron chi connectivity index (χ0n) is 19.3. The van der Waals surface area contributed by atoms with Crippen LogP contribution < -0.4 is 10.9 Å². The number of aromatic amines is 1. The van der Waals surface area contributed by atoms with E-state index in [1.165, 1.54) is 12.1 Å². The van der Waals surface area contributed by atoms with Gasteiger partial charge in [-0.2, -0.15) is 0 Å². The Bertz CT molecular complexity index is 1610. The second kappa shape index (κ2) is 8.83. The zero-order valence-corrected chi connectivity index (χ0v) is 21.0. The molecule has 0 fully saturated rings. The summed E-state index contributed by atoms with van der Waals surface area (Å²) in [5.74, 6) is -1.26. The standard InChI is InChI=1S/C26H22FN3O4Se/c1-13-4-7-22-19(10-13)25(32)30(35-22)8-9-34-26(33)23-14(2)20(28-15(23)3)12-18-17-6-5-16(27)11-21(17)29-24(18)31/h4-7,10-12,28H,8-9H2,1-3H3,(H,29,31)/b18-12-. The summed E-state index contributed by atoms with van der Waals surface area (Å²) in [6.07, 6.45) is 1.66. The number of hydrogen-bond donors (Lipinski definition) is 2. The van der Waals surface area contributed by atoms with Gasteiger partial charge in [0.25, 0.3) is 0 Å². The number of ether oxygens (including phenoxy) is 1. The molecule has 0 unspecified atom stereocenters. The molecule has 3 heterocycles. The third-order valence-electron chi connectivity index (χ3n) is 6.06. The molecule has 35 heavy (non-hydrogen) atoms. The second-order valence-corrected chi connectivity index (χ2v) is 10.7. The number of anilines is 1. The number of nitrogens with one attached hydrogen (secondary N) is 2. The predicted octanol–water partition coefficient (Wildman–Crippen LogP) is 3.80. The van der Waals surface area contributed by atoms with Crippen molar-refractivity contribution >= 4 is 53.6 Å². The maximum atomic E-state index is 13.5. The van der Waals surface area contributed by atoms with Crippen LogP contribution >= 0.6 is 0 Å². The molecule has 9 heteroatoms. The average molecular weight is 538 g/mol. The predicted molar refractivity (Wildman–Crippen MR) is 133 cm³/mol. The van der Waals surface area contributed by atoms with E-state index in [4.69, 9.17) is 4.74 Å². The molecular weight excluding hydrogens is 516 g/mol. The van der Waals surface area contributed by atoms with Gasteiger partial charge in [-0.3, -0.25) is 0 Å². The second-order valence-electron chi connectivity index (χ2n) is 8.50. The number of amides is 1. The molecule has 0 saturated carbocycles. The van der Waals surface area contributed by atoms with E-state index in [-0.39, 0.29) is 32.8 Å². The maximum absolute atomic E-state index is 13.5. The minimum atomic E-state index is -0.494. The van der Waals surface area contributed by atoms with Crippen LogP contribution in [0.3, 0.4) is 0 Å². The molecule has 2 N–H and O–H groups in total. The molecule has 1 amide bonds. The van der Waals surface area contributed by atoms with Crippen molar-refractivity contribution in [3.63, 3.8) is 0 Å². The molecule has 7 nitrogen and oxygen atoms in total. The van der Waals surface area contributed by atoms with E-state index in [1.807, 2.05) is 25.1 Å². The van der Waals surface area contributed by atoms with Crippen LogP contribution in [0.5, 0.6) is 0 Å². The fraction of sp³-hybridized carbons (Fsp3) is 0.192. The van der Waals surface area contributed by atoms with Crippen molar-refractivity contribution < 1.29 is 18.7 Å². The van der Waals surface area contributed by atoms with Crippen molar-refractivity contribution in [2.24, 2.45) is 0 Å². The van der Waals surface area contributed by atoms with E-state index in [0.29, 0.717) is 45.9 Å². The van der Waals surface area contributed by atoms with Gasteiger partial charge in [-0.25, -0.2) is 4.39 Å². The molecule has 2 aromatic heterocycles. The van der Waals surface area contributed by atoms with Crippen molar-refractivity contribution in [1.82, 2.24) is 8.55 Å². The third kappa shape index (κ3) is 4.17. The fourth-order valence-electron chi connectivity index (χ4n) is 4.30. The van der Waals surface area contributed by atoms with Crippen LogP contribution in [0.15, 0.2) is 41.2 Å². The first kappa shape index (κ1) is 23.1. The summed E-state index contributed by atoms with van der Waals surface area (Å²) in [5, 5.41) is 3.38. The molecular formula is C26H22FN3O4Se. The number of carbonyl (C=O) groups is 2. The van der Waals surface area contributed by atoms with Gasteiger partial charge in [0.1, 0.15) is 5.82 Å². The number of rotatable bonds is 5. The first-order valence-electron chi connectivity index (χ1n) is 11.0. The normalized spacial score (nSPS) is 13.9. The quantitative estimate of drug-likeness (QED) is 0.230. The molecule has 1 aliphatic rings. The molecule has 0 aliphatic carbocycles. The van der Waals surface area contributed by atoms with Crippen molar-refractivity contribution in [1.29, 1.82) is 0 Å². The number of H-pyrrole nitrogens is 1. The molecule has 0 saturated heterocycles. The van der Waals surface area contributed by atoms with E-state index in [2.05, 4.69) is 10.3 Å². The zero-order chi connectivity index (χ0) is 24.9. The van der Waals surface area contributed by atoms with Gasteiger partial charge in [-0.1, -0.05) is 0 Å². The van der Waals surface area contributed by atoms with E-state index in [0.717, 1.165) is 15.2 Å². The molecule has 4 aromatic rings. The van der Waals surface area contributed by atoms with Gasteiger partial charge in [0.05, 0.1) is 0 Å². The molecule has 0 spiro atoms. The number of fused-ring (bicyclic) bond motifs is 2. The molecule has 0 bridgehead atoms. The van der Waals surface area contributed by atoms with Crippen LogP contribution in [0.2, 0.25) is 0 Å². The third-order valence-corrected chi connectivity index (χ3v) is 8.41. The molecule has 178 valence electrons. The van der Waals surface area contributed by atoms with Gasteiger partial charge in [-0.15, -0.1) is 0 Å². The molecule has 5 rings (SSSR count). The Morgan fingerprint density at radius 2 is 1.94 bits per heavy atom. The van der Waals surface area contributed by atoms with Gasteiger partial charge in [0, 0.05) is 0 Å². The van der Waals surface area contributed by atoms with Gasteiger partial charge < -0.3 is 0 Å². The number of benzene rings is 2. The van der Waals surface area contributed by atoms with Crippen LogP contribution in [-0.4, -0.2) is 41.8 Å². The van der Waals surface area contributed by atoms with E-state index in [1.54, 1.807) is 29.6 Å². The summed E-state index contributed by atoms with van der Waals surface area (Å²) in [6.45, 7) is 5.90. The first-order valence-corrected chi connectivity index (χ1v) is 12.6. The number of aromatic nitrogens is 2. The van der Waals surface area contributed by atoms with Crippen LogP contribution in [0.25, 0.3) is 21.3 Å². The van der Waals surface area contributed by atoms with Crippen LogP contribution in [0.4, 0.5) is 10.1 Å². The van der Waals surface area contributed by atoms with E-state index >= 15 is 0 Å². The Kier molecular flexibility index (Phi) is 5.82. The average Bonchev–Trinajstić information content (AvgIpc) is 3.39. The van der Waals surface area contributed by atoms with Crippen molar-refractivity contribution in [3.8, 4) is 0 Å². The number of esters is 1.